The van der Waals surface area contributed by atoms with Gasteiger partial charge in [0.05, 0.1) is 0 Å². The summed E-state index contributed by atoms with van der Waals surface area (Å²) in [5.74, 6) is -0.503. The third kappa shape index (κ3) is 4.47. The van der Waals surface area contributed by atoms with Crippen LogP contribution in [0.2, 0.25) is 0 Å². The molecule has 0 aromatic heterocycles. The van der Waals surface area contributed by atoms with E-state index in [1.165, 1.54) is 12.1 Å². The molecule has 0 fully saturated rings. The van der Waals surface area contributed by atoms with Crippen molar-refractivity contribution in [3.63, 3.8) is 0 Å². The van der Waals surface area contributed by atoms with Gasteiger partial charge in [-0.05, 0) is 51.7 Å². The molecule has 20 heavy (non-hydrogen) atoms. The molecule has 0 amide bonds. The number of nitrogens with two attached hydrogens (primary N) is 1. The maximum Gasteiger partial charge on any atom is 0.170 e. The molecule has 0 aliphatic rings. The van der Waals surface area contributed by atoms with Crippen LogP contribution in [-0.4, -0.2) is 42.1 Å². The Morgan fingerprint density at radius 1 is 1.40 bits per heavy atom. The smallest absolute Gasteiger partial charge is 0.170 e. The van der Waals surface area contributed by atoms with Gasteiger partial charge in [0.15, 0.2) is 5.84 Å². The molecule has 0 heterocycles. The largest absolute Gasteiger partial charge is 0.409 e. The molecule has 112 valence electrons. The van der Waals surface area contributed by atoms with E-state index in [2.05, 4.69) is 29.2 Å². The van der Waals surface area contributed by atoms with Crippen molar-refractivity contribution in [3.8, 4) is 0 Å². The van der Waals surface area contributed by atoms with Crippen molar-refractivity contribution in [2.45, 2.75) is 25.9 Å². The Labute approximate surface area is 119 Å². The van der Waals surface area contributed by atoms with E-state index in [9.17, 15) is 4.39 Å². The highest BCUT2D eigenvalue weighted by atomic mass is 19.1. The van der Waals surface area contributed by atoms with Crippen LogP contribution < -0.4 is 11.1 Å². The Morgan fingerprint density at radius 2 is 2.05 bits per heavy atom. The molecule has 1 aromatic carbocycles. The minimum atomic E-state index is -0.405. The van der Waals surface area contributed by atoms with Crippen LogP contribution >= 0.6 is 0 Å². The summed E-state index contributed by atoms with van der Waals surface area (Å²) in [5, 5.41) is 14.8. The number of hydrogen-bond donors (Lipinski definition) is 3. The predicted octanol–water partition coefficient (Wildman–Crippen LogP) is 1.35. The fourth-order valence-corrected chi connectivity index (χ4v) is 1.63. The maximum atomic E-state index is 13.5. The summed E-state index contributed by atoms with van der Waals surface area (Å²) in [7, 11) is 4.03. The molecule has 0 spiro atoms. The van der Waals surface area contributed by atoms with Gasteiger partial charge in [-0.2, -0.15) is 0 Å². The molecule has 0 unspecified atom stereocenters. The number of rotatable bonds is 6. The first kappa shape index (κ1) is 16.4. The van der Waals surface area contributed by atoms with E-state index in [1.807, 2.05) is 14.1 Å². The number of benzene rings is 1. The zero-order chi connectivity index (χ0) is 15.3. The van der Waals surface area contributed by atoms with Gasteiger partial charge < -0.3 is 21.2 Å². The molecule has 0 aliphatic carbocycles. The van der Waals surface area contributed by atoms with Crippen molar-refractivity contribution in [1.82, 2.24) is 10.2 Å². The fraction of sp³-hybridized carbons (Fsp3) is 0.500. The molecule has 0 bridgehead atoms. The van der Waals surface area contributed by atoms with Crippen LogP contribution in [-0.2, 0) is 6.54 Å². The van der Waals surface area contributed by atoms with Gasteiger partial charge in [-0.25, -0.2) is 4.39 Å². The van der Waals surface area contributed by atoms with Gasteiger partial charge in [0.25, 0.3) is 0 Å². The number of nitrogens with one attached hydrogen (secondary N) is 1. The van der Waals surface area contributed by atoms with Crippen LogP contribution in [0, 0.1) is 5.82 Å². The molecule has 0 saturated carbocycles. The maximum absolute atomic E-state index is 13.5. The second-order valence-electron chi connectivity index (χ2n) is 5.64. The van der Waals surface area contributed by atoms with Crippen molar-refractivity contribution in [3.05, 3.63) is 35.1 Å². The van der Waals surface area contributed by atoms with Crippen LogP contribution in [0.1, 0.15) is 25.0 Å². The number of halogens is 1. The van der Waals surface area contributed by atoms with Gasteiger partial charge in [0.1, 0.15) is 5.82 Å². The predicted molar refractivity (Wildman–Crippen MR) is 78.4 cm³/mol. The van der Waals surface area contributed by atoms with E-state index < -0.39 is 5.82 Å². The topological polar surface area (TPSA) is 73.9 Å². The minimum Gasteiger partial charge on any atom is -0.409 e. The van der Waals surface area contributed by atoms with Gasteiger partial charge in [-0.15, -0.1) is 0 Å². The van der Waals surface area contributed by atoms with Crippen LogP contribution in [0.4, 0.5) is 4.39 Å². The third-order valence-electron chi connectivity index (χ3n) is 3.46. The summed E-state index contributed by atoms with van der Waals surface area (Å²) in [5.41, 5.74) is 6.60. The molecule has 0 atom stereocenters. The molecule has 1 aromatic rings. The second-order valence-corrected chi connectivity index (χ2v) is 5.64. The fourth-order valence-electron chi connectivity index (χ4n) is 1.63. The number of amidine groups is 1. The lowest BCUT2D eigenvalue weighted by molar-refractivity contribution is 0.190. The highest BCUT2D eigenvalue weighted by Gasteiger charge is 2.19. The van der Waals surface area contributed by atoms with Crippen LogP contribution in [0.15, 0.2) is 23.4 Å². The number of oxime groups is 1. The first-order chi connectivity index (χ1) is 9.26. The average molecular weight is 282 g/mol. The first-order valence-electron chi connectivity index (χ1n) is 6.42. The van der Waals surface area contributed by atoms with E-state index in [4.69, 9.17) is 10.9 Å². The van der Waals surface area contributed by atoms with E-state index in [0.717, 1.165) is 12.1 Å². The highest BCUT2D eigenvalue weighted by molar-refractivity contribution is 5.97. The van der Waals surface area contributed by atoms with E-state index in [0.29, 0.717) is 12.1 Å². The van der Waals surface area contributed by atoms with Gasteiger partial charge >= 0.3 is 0 Å². The first-order valence-corrected chi connectivity index (χ1v) is 6.42. The molecule has 0 aliphatic heterocycles. The molecule has 0 radical (unpaired) electrons. The second kappa shape index (κ2) is 6.67. The zero-order valence-corrected chi connectivity index (χ0v) is 12.4. The summed E-state index contributed by atoms with van der Waals surface area (Å²) < 4.78 is 13.5. The number of nitrogens with zero attached hydrogens (tertiary/aromatic N) is 2. The Morgan fingerprint density at radius 3 is 2.60 bits per heavy atom. The van der Waals surface area contributed by atoms with Crippen LogP contribution in [0.25, 0.3) is 0 Å². The van der Waals surface area contributed by atoms with Gasteiger partial charge in [0, 0.05) is 24.2 Å². The standard InChI is InChI=1S/C14H23FN4O/c1-14(2,19(3)4)9-17-8-10-5-11(13(16)18-20)7-12(15)6-10/h5-7,17,20H,8-9H2,1-4H3,(H2,16,18). The van der Waals surface area contributed by atoms with Gasteiger partial charge in [-0.3, -0.25) is 0 Å². The van der Waals surface area contributed by atoms with Crippen LogP contribution in [0.3, 0.4) is 0 Å². The number of likely N-dealkylation sites (N-methyl/N-ethyl adjacent to an activating group) is 1. The SMILES string of the molecule is CN(C)C(C)(C)CNCc1cc(F)cc(/C(N)=N/O)c1. The van der Waals surface area contributed by atoms with E-state index >= 15 is 0 Å². The molecule has 5 nitrogen and oxygen atoms in total. The van der Waals surface area contributed by atoms with Crippen molar-refractivity contribution in [1.29, 1.82) is 0 Å². The highest BCUT2D eigenvalue weighted by Crippen LogP contribution is 2.11. The quantitative estimate of drug-likeness (QED) is 0.319. The van der Waals surface area contributed by atoms with E-state index in [-0.39, 0.29) is 11.4 Å². The van der Waals surface area contributed by atoms with Crippen molar-refractivity contribution < 1.29 is 9.60 Å². The van der Waals surface area contributed by atoms with Crippen LogP contribution in [0.5, 0.6) is 0 Å². The Hall–Kier alpha value is -1.66. The summed E-state index contributed by atoms with van der Waals surface area (Å²) in [6, 6.07) is 4.37. The third-order valence-corrected chi connectivity index (χ3v) is 3.46. The van der Waals surface area contributed by atoms with Crippen molar-refractivity contribution >= 4 is 5.84 Å². The lowest BCUT2D eigenvalue weighted by Gasteiger charge is -2.32. The normalized spacial score (nSPS) is 13.0. The summed E-state index contributed by atoms with van der Waals surface area (Å²) >= 11 is 0. The van der Waals surface area contributed by atoms with Crippen molar-refractivity contribution in [2.24, 2.45) is 10.9 Å². The molecule has 6 heteroatoms. The summed E-state index contributed by atoms with van der Waals surface area (Å²) in [6.07, 6.45) is 0. The molecule has 1 rings (SSSR count). The molecular weight excluding hydrogens is 259 g/mol. The van der Waals surface area contributed by atoms with Gasteiger partial charge in [0.2, 0.25) is 0 Å². The molecular formula is C14H23FN4O. The Bertz CT molecular complexity index is 486. The molecule has 4 N–H and O–H groups in total. The lowest BCUT2D eigenvalue weighted by atomic mass is 10.0. The van der Waals surface area contributed by atoms with Crippen molar-refractivity contribution in [2.75, 3.05) is 20.6 Å². The summed E-state index contributed by atoms with van der Waals surface area (Å²) in [6.45, 7) is 5.51. The lowest BCUT2D eigenvalue weighted by Crippen LogP contribution is -2.46. The minimum absolute atomic E-state index is 0.00173. The van der Waals surface area contributed by atoms with Gasteiger partial charge in [-0.1, -0.05) is 5.16 Å². The summed E-state index contributed by atoms with van der Waals surface area (Å²) in [4.78, 5) is 2.12. The Kier molecular flexibility index (Phi) is 5.47. The monoisotopic (exact) mass is 282 g/mol. The zero-order valence-electron chi connectivity index (χ0n) is 12.4. The van der Waals surface area contributed by atoms with E-state index in [1.54, 1.807) is 6.07 Å². The Balaban J connectivity index is 2.72. The molecule has 0 saturated heterocycles. The number of hydrogen-bond acceptors (Lipinski definition) is 4. The average Bonchev–Trinajstić information content (AvgIpc) is 2.36.